The van der Waals surface area contributed by atoms with E-state index in [2.05, 4.69) is 9.97 Å². The van der Waals surface area contributed by atoms with Crippen LogP contribution in [0.4, 0.5) is 5.95 Å². The number of nitrogens with two attached hydrogens (primary N) is 1. The van der Waals surface area contributed by atoms with Gasteiger partial charge in [-0.1, -0.05) is 11.6 Å². The van der Waals surface area contributed by atoms with E-state index in [1.165, 1.54) is 13.2 Å². The number of aromatic nitrogens is 2. The molecule has 1 aromatic rings. The van der Waals surface area contributed by atoms with Gasteiger partial charge in [0.15, 0.2) is 0 Å². The van der Waals surface area contributed by atoms with Crippen molar-refractivity contribution in [3.63, 3.8) is 0 Å². The molecule has 0 spiro atoms. The van der Waals surface area contributed by atoms with Crippen LogP contribution in [0.25, 0.3) is 0 Å². The Bertz CT molecular complexity index is 621. The fraction of sp³-hybridized carbons (Fsp3) is 0.444. The lowest BCUT2D eigenvalue weighted by Crippen LogP contribution is -2.32. The molecule has 1 aliphatic rings. The molecule has 0 bridgehead atoms. The Labute approximate surface area is 114 Å². The number of rotatable bonds is 3. The number of carbonyl (C=O) groups excluding carboxylic acids is 1. The summed E-state index contributed by atoms with van der Waals surface area (Å²) in [7, 11) is -2.39. The Balaban J connectivity index is 2.33. The third-order valence-corrected chi connectivity index (χ3v) is 4.10. The summed E-state index contributed by atoms with van der Waals surface area (Å²) < 4.78 is 27.4. The molecule has 2 rings (SSSR count). The van der Waals surface area contributed by atoms with Gasteiger partial charge in [0.25, 0.3) is 0 Å². The maximum absolute atomic E-state index is 11.8. The number of primary sulfonamides is 1. The molecule has 19 heavy (non-hydrogen) atoms. The molecule has 1 fully saturated rings. The molecule has 0 saturated carbocycles. The fourth-order valence-corrected chi connectivity index (χ4v) is 2.60. The first-order valence-electron chi connectivity index (χ1n) is 5.22. The van der Waals surface area contributed by atoms with Crippen LogP contribution in [0.2, 0.25) is 5.15 Å². The van der Waals surface area contributed by atoms with Crippen LogP contribution in [-0.2, 0) is 14.8 Å². The van der Waals surface area contributed by atoms with Crippen LogP contribution in [0.1, 0.15) is 6.42 Å². The van der Waals surface area contributed by atoms with E-state index in [9.17, 15) is 13.2 Å². The normalized spacial score (nSPS) is 19.8. The molecule has 1 saturated heterocycles. The van der Waals surface area contributed by atoms with Crippen LogP contribution in [0.3, 0.4) is 0 Å². The molecule has 0 radical (unpaired) electrons. The Morgan fingerprint density at radius 3 is 2.74 bits per heavy atom. The maximum atomic E-state index is 11.8. The molecule has 1 unspecified atom stereocenters. The van der Waals surface area contributed by atoms with Gasteiger partial charge in [0.05, 0.1) is 7.11 Å². The standard InChI is InChI=1S/C9H11ClN4O4S/c1-18-7-3-6(10)12-9(13-7)14-4-5(2-8(14)15)19(11,16)17/h3,5H,2,4H2,1H3,(H2,11,16,17). The largest absolute Gasteiger partial charge is 0.481 e. The van der Waals surface area contributed by atoms with Crippen molar-refractivity contribution in [1.29, 1.82) is 0 Å². The molecule has 10 heteroatoms. The minimum Gasteiger partial charge on any atom is -0.481 e. The smallest absolute Gasteiger partial charge is 0.236 e. The van der Waals surface area contributed by atoms with Gasteiger partial charge >= 0.3 is 0 Å². The summed E-state index contributed by atoms with van der Waals surface area (Å²) >= 11 is 5.77. The Morgan fingerprint density at radius 1 is 1.53 bits per heavy atom. The molecule has 1 amide bonds. The number of methoxy groups -OCH3 is 1. The zero-order valence-electron chi connectivity index (χ0n) is 9.91. The van der Waals surface area contributed by atoms with Crippen molar-refractivity contribution in [2.75, 3.05) is 18.6 Å². The van der Waals surface area contributed by atoms with Crippen LogP contribution in [-0.4, -0.2) is 43.2 Å². The van der Waals surface area contributed by atoms with Gasteiger partial charge < -0.3 is 4.74 Å². The average molecular weight is 307 g/mol. The van der Waals surface area contributed by atoms with Gasteiger partial charge in [-0.3, -0.25) is 9.69 Å². The molecule has 0 aromatic carbocycles. The fourth-order valence-electron chi connectivity index (χ4n) is 1.70. The first-order chi connectivity index (χ1) is 8.81. The lowest BCUT2D eigenvalue weighted by Gasteiger charge is -2.14. The van der Waals surface area contributed by atoms with Crippen LogP contribution >= 0.6 is 11.6 Å². The lowest BCUT2D eigenvalue weighted by molar-refractivity contribution is -0.117. The van der Waals surface area contributed by atoms with Crippen molar-refractivity contribution >= 4 is 33.5 Å². The number of halogens is 1. The second kappa shape index (κ2) is 4.91. The van der Waals surface area contributed by atoms with Gasteiger partial charge in [0, 0.05) is 19.0 Å². The van der Waals surface area contributed by atoms with Crippen LogP contribution < -0.4 is 14.8 Å². The predicted molar refractivity (Wildman–Crippen MR) is 67.5 cm³/mol. The van der Waals surface area contributed by atoms with E-state index in [4.69, 9.17) is 21.5 Å². The van der Waals surface area contributed by atoms with Gasteiger partial charge in [0.2, 0.25) is 27.8 Å². The Morgan fingerprint density at radius 2 is 2.21 bits per heavy atom. The highest BCUT2D eigenvalue weighted by atomic mass is 35.5. The Hall–Kier alpha value is -1.45. The molecular weight excluding hydrogens is 296 g/mol. The summed E-state index contributed by atoms with van der Waals surface area (Å²) in [6.07, 6.45) is -0.197. The molecule has 1 aliphatic heterocycles. The summed E-state index contributed by atoms with van der Waals surface area (Å²) in [5.41, 5.74) is 0. The lowest BCUT2D eigenvalue weighted by atomic mass is 10.4. The highest BCUT2D eigenvalue weighted by molar-refractivity contribution is 7.89. The molecule has 1 aromatic heterocycles. The second-order valence-electron chi connectivity index (χ2n) is 3.95. The number of carbonyl (C=O) groups is 1. The van der Waals surface area contributed by atoms with Gasteiger partial charge in [-0.05, 0) is 0 Å². The minimum atomic E-state index is -3.78. The van der Waals surface area contributed by atoms with Gasteiger partial charge in [0.1, 0.15) is 10.4 Å². The van der Waals surface area contributed by atoms with Crippen molar-refractivity contribution in [3.8, 4) is 5.88 Å². The molecular formula is C9H11ClN4O4S. The van der Waals surface area contributed by atoms with Crippen molar-refractivity contribution in [2.45, 2.75) is 11.7 Å². The van der Waals surface area contributed by atoms with Crippen LogP contribution in [0.5, 0.6) is 5.88 Å². The average Bonchev–Trinajstić information content (AvgIpc) is 2.70. The number of hydrogen-bond acceptors (Lipinski definition) is 6. The van der Waals surface area contributed by atoms with Crippen molar-refractivity contribution in [2.24, 2.45) is 5.14 Å². The summed E-state index contributed by atoms with van der Waals surface area (Å²) in [6.45, 7) is -0.0961. The number of anilines is 1. The highest BCUT2D eigenvalue weighted by Gasteiger charge is 2.38. The first-order valence-corrected chi connectivity index (χ1v) is 7.20. The summed E-state index contributed by atoms with van der Waals surface area (Å²) in [5.74, 6) is -0.245. The quantitative estimate of drug-likeness (QED) is 0.755. The summed E-state index contributed by atoms with van der Waals surface area (Å²) in [5, 5.41) is 4.16. The highest BCUT2D eigenvalue weighted by Crippen LogP contribution is 2.24. The number of amides is 1. The number of nitrogens with zero attached hydrogens (tertiary/aromatic N) is 3. The van der Waals surface area contributed by atoms with Gasteiger partial charge in [-0.25, -0.2) is 18.5 Å². The topological polar surface area (TPSA) is 115 Å². The van der Waals surface area contributed by atoms with Crippen molar-refractivity contribution < 1.29 is 17.9 Å². The first kappa shape index (κ1) is 14.0. The monoisotopic (exact) mass is 306 g/mol. The zero-order valence-corrected chi connectivity index (χ0v) is 11.5. The third-order valence-electron chi connectivity index (χ3n) is 2.66. The second-order valence-corrected chi connectivity index (χ2v) is 6.18. The molecule has 2 heterocycles. The summed E-state index contributed by atoms with van der Waals surface area (Å²) in [6, 6.07) is 1.38. The Kier molecular flexibility index (Phi) is 3.61. The third kappa shape index (κ3) is 2.94. The van der Waals surface area contributed by atoms with Crippen LogP contribution in [0, 0.1) is 0 Å². The summed E-state index contributed by atoms with van der Waals surface area (Å²) in [4.78, 5) is 20.7. The molecule has 8 nitrogen and oxygen atoms in total. The molecule has 2 N–H and O–H groups in total. The van der Waals surface area contributed by atoms with E-state index in [0.29, 0.717) is 0 Å². The van der Waals surface area contributed by atoms with E-state index < -0.39 is 21.2 Å². The van der Waals surface area contributed by atoms with E-state index >= 15 is 0 Å². The van der Waals surface area contributed by atoms with Gasteiger partial charge in [-0.2, -0.15) is 4.98 Å². The van der Waals surface area contributed by atoms with E-state index in [-0.39, 0.29) is 29.9 Å². The molecule has 1 atom stereocenters. The number of hydrogen-bond donors (Lipinski definition) is 1. The maximum Gasteiger partial charge on any atom is 0.236 e. The van der Waals surface area contributed by atoms with Crippen molar-refractivity contribution in [3.05, 3.63) is 11.2 Å². The molecule has 104 valence electrons. The SMILES string of the molecule is COc1cc(Cl)nc(N2CC(S(N)(=O)=O)CC2=O)n1. The van der Waals surface area contributed by atoms with Crippen LogP contribution in [0.15, 0.2) is 6.07 Å². The van der Waals surface area contributed by atoms with Gasteiger partial charge in [-0.15, -0.1) is 0 Å². The predicted octanol–water partition coefficient (Wildman–Crippen LogP) is -0.468. The number of sulfonamides is 1. The number of ether oxygens (including phenoxy) is 1. The zero-order chi connectivity index (χ0) is 14.2. The van der Waals surface area contributed by atoms with E-state index in [1.54, 1.807) is 0 Å². The minimum absolute atomic E-state index is 0.000463. The molecule has 0 aliphatic carbocycles. The van der Waals surface area contributed by atoms with E-state index in [1.807, 2.05) is 0 Å². The van der Waals surface area contributed by atoms with Crippen molar-refractivity contribution in [1.82, 2.24) is 9.97 Å². The van der Waals surface area contributed by atoms with E-state index in [0.717, 1.165) is 4.90 Å².